The molecule has 0 radical (unpaired) electrons. The van der Waals surface area contributed by atoms with Crippen molar-refractivity contribution in [3.8, 4) is 0 Å². The van der Waals surface area contributed by atoms with E-state index in [1.807, 2.05) is 18.3 Å². The highest BCUT2D eigenvalue weighted by Gasteiger charge is 2.08. The Balaban J connectivity index is 2.22. The maximum atomic E-state index is 9.46. The molecule has 2 atom stereocenters. The summed E-state index contributed by atoms with van der Waals surface area (Å²) < 4.78 is 0. The normalized spacial score (nSPS) is 14.9. The highest BCUT2D eigenvalue weighted by molar-refractivity contribution is 7.09. The van der Waals surface area contributed by atoms with Crippen molar-refractivity contribution in [2.45, 2.75) is 51.7 Å². The summed E-state index contributed by atoms with van der Waals surface area (Å²) in [5, 5.41) is 15.1. The largest absolute Gasteiger partial charge is 0.393 e. The van der Waals surface area contributed by atoms with E-state index >= 15 is 0 Å². The van der Waals surface area contributed by atoms with Crippen molar-refractivity contribution < 1.29 is 5.11 Å². The molecule has 1 aromatic rings. The van der Waals surface area contributed by atoms with Crippen LogP contribution in [0, 0.1) is 0 Å². The highest BCUT2D eigenvalue weighted by Crippen LogP contribution is 2.12. The standard InChI is InChI=1S/C13H23NOS/c1-3-11(10-13-6-5-9-16-13)14-8-7-12(15)4-2/h5-6,9,11-12,14-15H,3-4,7-8,10H2,1-2H3. The molecule has 0 aliphatic carbocycles. The van der Waals surface area contributed by atoms with Crippen LogP contribution in [-0.2, 0) is 6.42 Å². The van der Waals surface area contributed by atoms with Crippen LogP contribution >= 0.6 is 11.3 Å². The fraction of sp³-hybridized carbons (Fsp3) is 0.692. The van der Waals surface area contributed by atoms with Crippen LogP contribution in [0.1, 0.15) is 38.0 Å². The van der Waals surface area contributed by atoms with E-state index in [4.69, 9.17) is 0 Å². The molecule has 3 heteroatoms. The van der Waals surface area contributed by atoms with Crippen molar-refractivity contribution in [2.75, 3.05) is 6.54 Å². The van der Waals surface area contributed by atoms with Crippen LogP contribution in [0.3, 0.4) is 0 Å². The van der Waals surface area contributed by atoms with Crippen LogP contribution in [0.15, 0.2) is 17.5 Å². The SMILES string of the molecule is CCC(O)CCNC(CC)Cc1cccs1. The number of hydrogen-bond acceptors (Lipinski definition) is 3. The van der Waals surface area contributed by atoms with Crippen LogP contribution in [0.5, 0.6) is 0 Å². The Labute approximate surface area is 103 Å². The number of hydrogen-bond donors (Lipinski definition) is 2. The van der Waals surface area contributed by atoms with Gasteiger partial charge in [-0.1, -0.05) is 19.9 Å². The molecule has 0 spiro atoms. The van der Waals surface area contributed by atoms with E-state index in [1.54, 1.807) is 0 Å². The van der Waals surface area contributed by atoms with Gasteiger partial charge >= 0.3 is 0 Å². The monoisotopic (exact) mass is 241 g/mol. The molecule has 0 aliphatic rings. The number of rotatable bonds is 8. The Morgan fingerprint density at radius 3 is 2.75 bits per heavy atom. The molecule has 0 amide bonds. The second-order valence-electron chi connectivity index (χ2n) is 4.19. The van der Waals surface area contributed by atoms with Gasteiger partial charge in [0.1, 0.15) is 0 Å². The maximum absolute atomic E-state index is 9.46. The highest BCUT2D eigenvalue weighted by atomic mass is 32.1. The van der Waals surface area contributed by atoms with Gasteiger partial charge in [-0.2, -0.15) is 0 Å². The first-order chi connectivity index (χ1) is 7.76. The molecule has 0 saturated heterocycles. The van der Waals surface area contributed by atoms with Crippen LogP contribution < -0.4 is 5.32 Å². The molecular formula is C13H23NOS. The summed E-state index contributed by atoms with van der Waals surface area (Å²) in [6, 6.07) is 4.84. The van der Waals surface area contributed by atoms with Gasteiger partial charge in [-0.15, -0.1) is 11.3 Å². The number of aliphatic hydroxyl groups is 1. The van der Waals surface area contributed by atoms with Crippen LogP contribution in [0.4, 0.5) is 0 Å². The zero-order valence-electron chi connectivity index (χ0n) is 10.3. The van der Waals surface area contributed by atoms with Crippen molar-refractivity contribution in [1.29, 1.82) is 0 Å². The van der Waals surface area contributed by atoms with Gasteiger partial charge in [-0.05, 0) is 43.7 Å². The lowest BCUT2D eigenvalue weighted by atomic mass is 10.1. The van der Waals surface area contributed by atoms with E-state index < -0.39 is 0 Å². The topological polar surface area (TPSA) is 32.3 Å². The Morgan fingerprint density at radius 1 is 1.38 bits per heavy atom. The fourth-order valence-electron chi connectivity index (χ4n) is 1.69. The summed E-state index contributed by atoms with van der Waals surface area (Å²) in [5.74, 6) is 0. The van der Waals surface area contributed by atoms with Gasteiger partial charge < -0.3 is 10.4 Å². The van der Waals surface area contributed by atoms with Gasteiger partial charge in [0.15, 0.2) is 0 Å². The third-order valence-electron chi connectivity index (χ3n) is 2.90. The molecule has 0 bridgehead atoms. The zero-order valence-corrected chi connectivity index (χ0v) is 11.1. The summed E-state index contributed by atoms with van der Waals surface area (Å²) in [5.41, 5.74) is 0. The third-order valence-corrected chi connectivity index (χ3v) is 3.80. The van der Waals surface area contributed by atoms with E-state index in [0.29, 0.717) is 6.04 Å². The summed E-state index contributed by atoms with van der Waals surface area (Å²) in [6.45, 7) is 5.15. The molecule has 2 nitrogen and oxygen atoms in total. The number of aliphatic hydroxyl groups excluding tert-OH is 1. The van der Waals surface area contributed by atoms with Gasteiger partial charge in [0.2, 0.25) is 0 Å². The van der Waals surface area contributed by atoms with Crippen LogP contribution in [0.2, 0.25) is 0 Å². The molecule has 16 heavy (non-hydrogen) atoms. The van der Waals surface area contributed by atoms with Crippen molar-refractivity contribution in [1.82, 2.24) is 5.32 Å². The first-order valence-corrected chi connectivity index (χ1v) is 7.08. The first kappa shape index (κ1) is 13.7. The average Bonchev–Trinajstić information content (AvgIpc) is 2.80. The smallest absolute Gasteiger partial charge is 0.0549 e. The molecule has 0 saturated carbocycles. The second kappa shape index (κ2) is 7.82. The Morgan fingerprint density at radius 2 is 2.19 bits per heavy atom. The summed E-state index contributed by atoms with van der Waals surface area (Å²) in [7, 11) is 0. The van der Waals surface area contributed by atoms with Gasteiger partial charge in [0.05, 0.1) is 6.10 Å². The quantitative estimate of drug-likeness (QED) is 0.733. The molecule has 1 heterocycles. The molecule has 1 aromatic heterocycles. The molecule has 0 aliphatic heterocycles. The maximum Gasteiger partial charge on any atom is 0.0549 e. The molecule has 0 fully saturated rings. The fourth-order valence-corrected chi connectivity index (χ4v) is 2.48. The molecule has 0 aromatic carbocycles. The summed E-state index contributed by atoms with van der Waals surface area (Å²) in [6.07, 6.45) is 3.81. The van der Waals surface area contributed by atoms with Crippen LogP contribution in [0.25, 0.3) is 0 Å². The van der Waals surface area contributed by atoms with Gasteiger partial charge in [0.25, 0.3) is 0 Å². The number of nitrogens with one attached hydrogen (secondary N) is 1. The predicted octanol–water partition coefficient (Wildman–Crippen LogP) is 2.82. The number of thiophene rings is 1. The van der Waals surface area contributed by atoms with Gasteiger partial charge in [-0.3, -0.25) is 0 Å². The Kier molecular flexibility index (Phi) is 6.69. The molecule has 2 N–H and O–H groups in total. The second-order valence-corrected chi connectivity index (χ2v) is 5.23. The van der Waals surface area contributed by atoms with E-state index in [0.717, 1.165) is 32.2 Å². The lowest BCUT2D eigenvalue weighted by molar-refractivity contribution is 0.158. The molecule has 1 rings (SSSR count). The predicted molar refractivity (Wildman–Crippen MR) is 71.0 cm³/mol. The van der Waals surface area contributed by atoms with Gasteiger partial charge in [-0.25, -0.2) is 0 Å². The Hall–Kier alpha value is -0.380. The van der Waals surface area contributed by atoms with Crippen molar-refractivity contribution >= 4 is 11.3 Å². The Bertz CT molecular complexity index is 261. The van der Waals surface area contributed by atoms with E-state index in [9.17, 15) is 5.11 Å². The minimum Gasteiger partial charge on any atom is -0.393 e. The minimum absolute atomic E-state index is 0.147. The molecular weight excluding hydrogens is 218 g/mol. The summed E-state index contributed by atoms with van der Waals surface area (Å²) >= 11 is 1.82. The van der Waals surface area contributed by atoms with E-state index in [2.05, 4.69) is 29.8 Å². The molecule has 92 valence electrons. The zero-order chi connectivity index (χ0) is 11.8. The summed E-state index contributed by atoms with van der Waals surface area (Å²) in [4.78, 5) is 1.44. The van der Waals surface area contributed by atoms with E-state index in [1.165, 1.54) is 4.88 Å². The van der Waals surface area contributed by atoms with Gasteiger partial charge in [0, 0.05) is 10.9 Å². The molecule has 2 unspecified atom stereocenters. The third kappa shape index (κ3) is 5.10. The minimum atomic E-state index is -0.147. The van der Waals surface area contributed by atoms with Crippen molar-refractivity contribution in [3.05, 3.63) is 22.4 Å². The van der Waals surface area contributed by atoms with Crippen molar-refractivity contribution in [2.24, 2.45) is 0 Å². The first-order valence-electron chi connectivity index (χ1n) is 6.20. The van der Waals surface area contributed by atoms with Crippen molar-refractivity contribution in [3.63, 3.8) is 0 Å². The van der Waals surface area contributed by atoms with E-state index in [-0.39, 0.29) is 6.10 Å². The van der Waals surface area contributed by atoms with Crippen LogP contribution in [-0.4, -0.2) is 23.8 Å². The average molecular weight is 241 g/mol. The lowest BCUT2D eigenvalue weighted by Crippen LogP contribution is -2.32. The lowest BCUT2D eigenvalue weighted by Gasteiger charge is -2.17.